The van der Waals surface area contributed by atoms with E-state index >= 15 is 0 Å². The molecule has 1 aromatic heterocycles. The van der Waals surface area contributed by atoms with Gasteiger partial charge in [0.1, 0.15) is 5.75 Å². The molecule has 2 aromatic carbocycles. The first-order valence-corrected chi connectivity index (χ1v) is 7.62. The first-order chi connectivity index (χ1) is 12.7. The standard InChI is InChI=1S/C18H12F3N3O3/c19-18(20,21)11-4-5-13(15(25)9-11)17(27)22-12-3-1-2-10(8-12)14-6-7-16(26)24-23-14/h1-9,25H,(H,22,27)(H,24,26). The third-order valence-electron chi connectivity index (χ3n) is 3.67. The topological polar surface area (TPSA) is 95.1 Å². The summed E-state index contributed by atoms with van der Waals surface area (Å²) in [6.45, 7) is 0. The highest BCUT2D eigenvalue weighted by atomic mass is 19.4. The van der Waals surface area contributed by atoms with Gasteiger partial charge in [-0.2, -0.15) is 18.3 Å². The summed E-state index contributed by atoms with van der Waals surface area (Å²) in [5, 5.41) is 18.4. The predicted molar refractivity (Wildman–Crippen MR) is 91.4 cm³/mol. The van der Waals surface area contributed by atoms with Gasteiger partial charge in [-0.05, 0) is 36.4 Å². The van der Waals surface area contributed by atoms with Crippen LogP contribution in [0.3, 0.4) is 0 Å². The number of phenols is 1. The highest BCUT2D eigenvalue weighted by Gasteiger charge is 2.31. The van der Waals surface area contributed by atoms with Crippen LogP contribution in [0, 0.1) is 0 Å². The average Bonchev–Trinajstić information content (AvgIpc) is 2.61. The van der Waals surface area contributed by atoms with Crippen LogP contribution >= 0.6 is 0 Å². The van der Waals surface area contributed by atoms with Crippen molar-refractivity contribution in [3.63, 3.8) is 0 Å². The van der Waals surface area contributed by atoms with Crippen LogP contribution in [0.4, 0.5) is 18.9 Å². The first kappa shape index (κ1) is 18.2. The minimum Gasteiger partial charge on any atom is -0.507 e. The Morgan fingerprint density at radius 2 is 1.85 bits per heavy atom. The third-order valence-corrected chi connectivity index (χ3v) is 3.67. The molecule has 0 atom stereocenters. The second kappa shape index (κ2) is 6.94. The summed E-state index contributed by atoms with van der Waals surface area (Å²) in [5.74, 6) is -1.55. The number of alkyl halides is 3. The van der Waals surface area contributed by atoms with E-state index < -0.39 is 23.4 Å². The van der Waals surface area contributed by atoms with Crippen LogP contribution in [-0.4, -0.2) is 21.2 Å². The van der Waals surface area contributed by atoms with Crippen molar-refractivity contribution < 1.29 is 23.1 Å². The predicted octanol–water partition coefficient (Wildman–Crippen LogP) is 3.41. The van der Waals surface area contributed by atoms with Crippen molar-refractivity contribution in [3.8, 4) is 17.0 Å². The van der Waals surface area contributed by atoms with E-state index in [0.717, 1.165) is 12.1 Å². The molecule has 3 aromatic rings. The number of nitrogens with one attached hydrogen (secondary N) is 2. The van der Waals surface area contributed by atoms with Crippen molar-refractivity contribution >= 4 is 11.6 Å². The number of H-pyrrole nitrogens is 1. The maximum atomic E-state index is 12.6. The summed E-state index contributed by atoms with van der Waals surface area (Å²) < 4.78 is 37.9. The maximum absolute atomic E-state index is 12.6. The molecule has 0 fully saturated rings. The molecule has 138 valence electrons. The van der Waals surface area contributed by atoms with Gasteiger partial charge in [-0.15, -0.1) is 0 Å². The van der Waals surface area contributed by atoms with Gasteiger partial charge in [0.05, 0.1) is 16.8 Å². The highest BCUT2D eigenvalue weighted by Crippen LogP contribution is 2.33. The molecule has 0 unspecified atom stereocenters. The number of carbonyl (C=O) groups excluding carboxylic acids is 1. The molecular weight excluding hydrogens is 363 g/mol. The van der Waals surface area contributed by atoms with Gasteiger partial charge >= 0.3 is 6.18 Å². The summed E-state index contributed by atoms with van der Waals surface area (Å²) in [5.41, 5.74) is -0.312. The van der Waals surface area contributed by atoms with Crippen LogP contribution in [0.2, 0.25) is 0 Å². The molecular formula is C18H12F3N3O3. The van der Waals surface area contributed by atoms with Crippen molar-refractivity contribution in [1.82, 2.24) is 10.2 Å². The minimum absolute atomic E-state index is 0.296. The van der Waals surface area contributed by atoms with Gasteiger partial charge < -0.3 is 10.4 Å². The van der Waals surface area contributed by atoms with Crippen molar-refractivity contribution in [2.24, 2.45) is 0 Å². The van der Waals surface area contributed by atoms with Crippen molar-refractivity contribution in [2.75, 3.05) is 5.32 Å². The number of anilines is 1. The van der Waals surface area contributed by atoms with Crippen molar-refractivity contribution in [2.45, 2.75) is 6.18 Å². The number of aromatic nitrogens is 2. The Morgan fingerprint density at radius 3 is 2.48 bits per heavy atom. The largest absolute Gasteiger partial charge is 0.507 e. The molecule has 3 rings (SSSR count). The van der Waals surface area contributed by atoms with E-state index in [1.165, 1.54) is 12.1 Å². The fourth-order valence-electron chi connectivity index (χ4n) is 2.36. The Morgan fingerprint density at radius 1 is 1.07 bits per heavy atom. The molecule has 0 aliphatic rings. The normalized spacial score (nSPS) is 11.2. The van der Waals surface area contributed by atoms with Gasteiger partial charge in [0.2, 0.25) is 0 Å². The highest BCUT2D eigenvalue weighted by molar-refractivity contribution is 6.06. The minimum atomic E-state index is -4.62. The smallest absolute Gasteiger partial charge is 0.416 e. The molecule has 0 aliphatic heterocycles. The van der Waals surface area contributed by atoms with Gasteiger partial charge in [0.15, 0.2) is 0 Å². The lowest BCUT2D eigenvalue weighted by Gasteiger charge is -2.11. The molecule has 0 aliphatic carbocycles. The fourth-order valence-corrected chi connectivity index (χ4v) is 2.36. The summed E-state index contributed by atoms with van der Waals surface area (Å²) in [7, 11) is 0. The Hall–Kier alpha value is -3.62. The van der Waals surface area contributed by atoms with Crippen LogP contribution in [0.5, 0.6) is 5.75 Å². The monoisotopic (exact) mass is 375 g/mol. The number of rotatable bonds is 3. The Balaban J connectivity index is 1.83. The summed E-state index contributed by atoms with van der Waals surface area (Å²) in [6.07, 6.45) is -4.62. The fraction of sp³-hybridized carbons (Fsp3) is 0.0556. The lowest BCUT2D eigenvalue weighted by Crippen LogP contribution is -2.13. The molecule has 0 saturated heterocycles. The number of aromatic hydroxyl groups is 1. The van der Waals surface area contributed by atoms with Crippen molar-refractivity contribution in [1.29, 1.82) is 0 Å². The first-order valence-electron chi connectivity index (χ1n) is 7.62. The zero-order valence-electron chi connectivity index (χ0n) is 13.5. The molecule has 3 N–H and O–H groups in total. The molecule has 0 saturated carbocycles. The van der Waals surface area contributed by atoms with E-state index in [1.807, 2.05) is 0 Å². The summed E-state index contributed by atoms with van der Waals surface area (Å²) in [4.78, 5) is 23.3. The number of aromatic amines is 1. The number of halogens is 3. The second-order valence-electron chi connectivity index (χ2n) is 5.57. The number of nitrogens with zero attached hydrogens (tertiary/aromatic N) is 1. The van der Waals surface area contributed by atoms with E-state index in [1.54, 1.807) is 24.3 Å². The number of amides is 1. The molecule has 1 amide bonds. The molecule has 0 bridgehead atoms. The third kappa shape index (κ3) is 4.14. The van der Waals surface area contributed by atoms with E-state index in [4.69, 9.17) is 0 Å². The SMILES string of the molecule is O=C(Nc1cccc(-c2ccc(=O)[nH]n2)c1)c1ccc(C(F)(F)F)cc1O. The molecule has 6 nitrogen and oxygen atoms in total. The van der Waals surface area contributed by atoms with Gasteiger partial charge in [-0.25, -0.2) is 5.10 Å². The summed E-state index contributed by atoms with van der Waals surface area (Å²) >= 11 is 0. The van der Waals surface area contributed by atoms with Gasteiger partial charge in [-0.1, -0.05) is 12.1 Å². The number of hydrogen-bond donors (Lipinski definition) is 3. The van der Waals surface area contributed by atoms with Crippen LogP contribution < -0.4 is 10.9 Å². The number of benzene rings is 2. The lowest BCUT2D eigenvalue weighted by atomic mass is 10.1. The average molecular weight is 375 g/mol. The Labute approximate surface area is 150 Å². The van der Waals surface area contributed by atoms with E-state index in [-0.39, 0.29) is 11.1 Å². The Bertz CT molecular complexity index is 1040. The molecule has 9 heteroatoms. The van der Waals surface area contributed by atoms with E-state index in [0.29, 0.717) is 23.0 Å². The molecule has 0 radical (unpaired) electrons. The molecule has 27 heavy (non-hydrogen) atoms. The number of carbonyl (C=O) groups is 1. The van der Waals surface area contributed by atoms with Crippen LogP contribution in [0.25, 0.3) is 11.3 Å². The van der Waals surface area contributed by atoms with E-state index in [2.05, 4.69) is 15.5 Å². The maximum Gasteiger partial charge on any atom is 0.416 e. The lowest BCUT2D eigenvalue weighted by molar-refractivity contribution is -0.137. The van der Waals surface area contributed by atoms with Gasteiger partial charge in [0, 0.05) is 17.3 Å². The van der Waals surface area contributed by atoms with Crippen molar-refractivity contribution in [3.05, 3.63) is 76.1 Å². The Kier molecular flexibility index (Phi) is 4.68. The van der Waals surface area contributed by atoms with Gasteiger partial charge in [0.25, 0.3) is 11.5 Å². The van der Waals surface area contributed by atoms with Crippen LogP contribution in [0.15, 0.2) is 59.4 Å². The second-order valence-corrected chi connectivity index (χ2v) is 5.57. The summed E-state index contributed by atoms with van der Waals surface area (Å²) in [6, 6.07) is 11.4. The number of hydrogen-bond acceptors (Lipinski definition) is 4. The zero-order chi connectivity index (χ0) is 19.6. The van der Waals surface area contributed by atoms with Gasteiger partial charge in [-0.3, -0.25) is 9.59 Å². The van der Waals surface area contributed by atoms with Crippen LogP contribution in [0.1, 0.15) is 15.9 Å². The molecule has 0 spiro atoms. The molecule has 1 heterocycles. The van der Waals surface area contributed by atoms with E-state index in [9.17, 15) is 27.9 Å². The zero-order valence-corrected chi connectivity index (χ0v) is 13.5. The number of phenolic OH excluding ortho intramolecular Hbond substituents is 1. The quantitative estimate of drug-likeness (QED) is 0.654. The van der Waals surface area contributed by atoms with Crippen LogP contribution in [-0.2, 0) is 6.18 Å².